The molecule has 0 atom stereocenters. The lowest BCUT2D eigenvalue weighted by atomic mass is 10.1. The van der Waals surface area contributed by atoms with Crippen molar-refractivity contribution in [1.82, 2.24) is 0 Å². The van der Waals surface area contributed by atoms with Gasteiger partial charge in [-0.1, -0.05) is 6.08 Å². The summed E-state index contributed by atoms with van der Waals surface area (Å²) in [6.07, 6.45) is 2.99. The van der Waals surface area contributed by atoms with Crippen molar-refractivity contribution in [2.45, 2.75) is 0 Å². The SMILES string of the molecule is COc1ccc2c(/C=C/C(=O)c3ccc(OC)c(OC)c3)cc(=O)oc2c1. The molecule has 6 heteroatoms. The number of allylic oxidation sites excluding steroid dienone is 1. The molecule has 1 aromatic heterocycles. The first-order valence-corrected chi connectivity index (χ1v) is 8.12. The van der Waals surface area contributed by atoms with Crippen LogP contribution in [-0.4, -0.2) is 27.1 Å². The smallest absolute Gasteiger partial charge is 0.336 e. The summed E-state index contributed by atoms with van der Waals surface area (Å²) >= 11 is 0. The van der Waals surface area contributed by atoms with Crippen LogP contribution in [-0.2, 0) is 0 Å². The van der Waals surface area contributed by atoms with Gasteiger partial charge < -0.3 is 18.6 Å². The summed E-state index contributed by atoms with van der Waals surface area (Å²) in [6, 6.07) is 11.4. The van der Waals surface area contributed by atoms with Crippen molar-refractivity contribution in [3.63, 3.8) is 0 Å². The highest BCUT2D eigenvalue weighted by molar-refractivity contribution is 6.08. The van der Waals surface area contributed by atoms with Gasteiger partial charge in [0.15, 0.2) is 17.3 Å². The monoisotopic (exact) mass is 366 g/mol. The van der Waals surface area contributed by atoms with E-state index in [1.165, 1.54) is 33.5 Å². The van der Waals surface area contributed by atoms with Crippen molar-refractivity contribution in [1.29, 1.82) is 0 Å². The Morgan fingerprint density at radius 3 is 2.41 bits per heavy atom. The predicted octanol–water partition coefficient (Wildman–Crippen LogP) is 3.71. The van der Waals surface area contributed by atoms with E-state index >= 15 is 0 Å². The molecule has 0 aliphatic rings. The summed E-state index contributed by atoms with van der Waals surface area (Å²) < 4.78 is 20.7. The second kappa shape index (κ2) is 7.78. The molecule has 0 aliphatic heterocycles. The van der Waals surface area contributed by atoms with E-state index in [9.17, 15) is 9.59 Å². The zero-order valence-corrected chi connectivity index (χ0v) is 15.1. The molecule has 2 aromatic carbocycles. The minimum Gasteiger partial charge on any atom is -0.497 e. The predicted molar refractivity (Wildman–Crippen MR) is 102 cm³/mol. The Balaban J connectivity index is 1.96. The first kappa shape index (κ1) is 18.3. The van der Waals surface area contributed by atoms with Gasteiger partial charge in [0.25, 0.3) is 0 Å². The topological polar surface area (TPSA) is 75.0 Å². The average molecular weight is 366 g/mol. The van der Waals surface area contributed by atoms with E-state index in [2.05, 4.69) is 0 Å². The van der Waals surface area contributed by atoms with E-state index in [0.29, 0.717) is 39.3 Å². The molecule has 0 amide bonds. The molecule has 1 heterocycles. The van der Waals surface area contributed by atoms with Crippen LogP contribution in [0.25, 0.3) is 17.0 Å². The van der Waals surface area contributed by atoms with Crippen molar-refractivity contribution in [3.05, 3.63) is 70.1 Å². The van der Waals surface area contributed by atoms with Gasteiger partial charge in [0.05, 0.1) is 21.3 Å². The fraction of sp³-hybridized carbons (Fsp3) is 0.143. The summed E-state index contributed by atoms with van der Waals surface area (Å²) in [5.41, 5.74) is 0.907. The molecule has 0 bridgehead atoms. The Labute approximate surface area is 155 Å². The fourth-order valence-corrected chi connectivity index (χ4v) is 2.68. The first-order chi connectivity index (χ1) is 13.0. The molecule has 27 heavy (non-hydrogen) atoms. The highest BCUT2D eigenvalue weighted by atomic mass is 16.5. The summed E-state index contributed by atoms with van der Waals surface area (Å²) in [5, 5.41) is 0.701. The molecule has 0 saturated carbocycles. The quantitative estimate of drug-likeness (QED) is 0.376. The van der Waals surface area contributed by atoms with Gasteiger partial charge in [-0.3, -0.25) is 4.79 Å². The number of methoxy groups -OCH3 is 3. The second-order valence-corrected chi connectivity index (χ2v) is 5.65. The van der Waals surface area contributed by atoms with Gasteiger partial charge in [0.1, 0.15) is 11.3 Å². The second-order valence-electron chi connectivity index (χ2n) is 5.65. The van der Waals surface area contributed by atoms with Crippen LogP contribution in [0.4, 0.5) is 0 Å². The van der Waals surface area contributed by atoms with E-state index in [1.807, 2.05) is 0 Å². The number of rotatable bonds is 6. The molecular formula is C21H18O6. The van der Waals surface area contributed by atoms with Gasteiger partial charge in [-0.2, -0.15) is 0 Å². The zero-order chi connectivity index (χ0) is 19.4. The molecular weight excluding hydrogens is 348 g/mol. The van der Waals surface area contributed by atoms with Crippen molar-refractivity contribution in [3.8, 4) is 17.2 Å². The van der Waals surface area contributed by atoms with Crippen molar-refractivity contribution >= 4 is 22.8 Å². The van der Waals surface area contributed by atoms with Crippen molar-refractivity contribution in [2.24, 2.45) is 0 Å². The number of carbonyl (C=O) groups is 1. The van der Waals surface area contributed by atoms with Crippen LogP contribution in [0.5, 0.6) is 17.2 Å². The van der Waals surface area contributed by atoms with Crippen LogP contribution in [0, 0.1) is 0 Å². The average Bonchev–Trinajstić information content (AvgIpc) is 2.70. The van der Waals surface area contributed by atoms with E-state index in [4.69, 9.17) is 18.6 Å². The maximum absolute atomic E-state index is 12.5. The highest BCUT2D eigenvalue weighted by Gasteiger charge is 2.10. The molecule has 138 valence electrons. The number of benzene rings is 2. The van der Waals surface area contributed by atoms with Crippen molar-refractivity contribution < 1.29 is 23.4 Å². The lowest BCUT2D eigenvalue weighted by Crippen LogP contribution is -1.99. The van der Waals surface area contributed by atoms with Crippen molar-refractivity contribution in [2.75, 3.05) is 21.3 Å². The maximum atomic E-state index is 12.5. The third-order valence-corrected chi connectivity index (χ3v) is 4.07. The van der Waals surface area contributed by atoms with Crippen LogP contribution >= 0.6 is 0 Å². The van der Waals surface area contributed by atoms with Gasteiger partial charge in [-0.05, 0) is 42.0 Å². The highest BCUT2D eigenvalue weighted by Crippen LogP contribution is 2.28. The number of hydrogen-bond donors (Lipinski definition) is 0. The van der Waals surface area contributed by atoms with Crippen LogP contribution in [0.15, 0.2) is 57.8 Å². The van der Waals surface area contributed by atoms with Gasteiger partial charge in [-0.15, -0.1) is 0 Å². The molecule has 0 saturated heterocycles. The Hall–Kier alpha value is -3.54. The molecule has 3 aromatic rings. The Morgan fingerprint density at radius 2 is 1.70 bits per heavy atom. The molecule has 0 radical (unpaired) electrons. The molecule has 0 spiro atoms. The summed E-state index contributed by atoms with van der Waals surface area (Å²) in [5.74, 6) is 1.35. The van der Waals surface area contributed by atoms with Crippen LogP contribution in [0.2, 0.25) is 0 Å². The maximum Gasteiger partial charge on any atom is 0.336 e. The lowest BCUT2D eigenvalue weighted by molar-refractivity contribution is 0.104. The number of fused-ring (bicyclic) bond motifs is 1. The summed E-state index contributed by atoms with van der Waals surface area (Å²) in [6.45, 7) is 0. The Kier molecular flexibility index (Phi) is 5.26. The molecule has 3 rings (SSSR count). The minimum atomic E-state index is -0.506. The summed E-state index contributed by atoms with van der Waals surface area (Å²) in [7, 11) is 4.57. The Bertz CT molecular complexity index is 1080. The minimum absolute atomic E-state index is 0.231. The van der Waals surface area contributed by atoms with E-state index < -0.39 is 5.63 Å². The van der Waals surface area contributed by atoms with E-state index in [0.717, 1.165) is 0 Å². The normalized spacial score (nSPS) is 10.9. The molecule has 0 N–H and O–H groups in total. The summed E-state index contributed by atoms with van der Waals surface area (Å²) in [4.78, 5) is 24.3. The van der Waals surface area contributed by atoms with E-state index in [-0.39, 0.29) is 5.78 Å². The number of ether oxygens (including phenoxy) is 3. The molecule has 0 fully saturated rings. The van der Waals surface area contributed by atoms with Crippen LogP contribution in [0.1, 0.15) is 15.9 Å². The number of ketones is 1. The lowest BCUT2D eigenvalue weighted by Gasteiger charge is -2.08. The van der Waals surface area contributed by atoms with Gasteiger partial charge in [0, 0.05) is 23.1 Å². The van der Waals surface area contributed by atoms with E-state index in [1.54, 1.807) is 42.5 Å². The molecule has 0 aliphatic carbocycles. The van der Waals surface area contributed by atoms with Gasteiger partial charge in [0.2, 0.25) is 0 Å². The number of carbonyl (C=O) groups excluding carboxylic acids is 1. The fourth-order valence-electron chi connectivity index (χ4n) is 2.68. The van der Waals surface area contributed by atoms with Crippen LogP contribution in [0.3, 0.4) is 0 Å². The third-order valence-electron chi connectivity index (χ3n) is 4.07. The number of hydrogen-bond acceptors (Lipinski definition) is 6. The molecule has 6 nitrogen and oxygen atoms in total. The van der Waals surface area contributed by atoms with Crippen LogP contribution < -0.4 is 19.8 Å². The Morgan fingerprint density at radius 1 is 0.926 bits per heavy atom. The van der Waals surface area contributed by atoms with Gasteiger partial charge in [-0.25, -0.2) is 4.79 Å². The largest absolute Gasteiger partial charge is 0.497 e. The molecule has 0 unspecified atom stereocenters. The first-order valence-electron chi connectivity index (χ1n) is 8.12. The van der Waals surface area contributed by atoms with Gasteiger partial charge >= 0.3 is 5.63 Å². The standard InChI is InChI=1S/C21H18O6/c1-24-15-6-7-16-13(11-21(23)27-19(16)12-15)4-8-17(22)14-5-9-18(25-2)20(10-14)26-3/h4-12H,1-3H3/b8-4+. The third kappa shape index (κ3) is 3.84. The zero-order valence-electron chi connectivity index (χ0n) is 15.1.